The molecule has 0 spiro atoms. The van der Waals surface area contributed by atoms with Gasteiger partial charge < -0.3 is 21.5 Å². The molecule has 2 atom stereocenters. The highest BCUT2D eigenvalue weighted by molar-refractivity contribution is 6.35. The Morgan fingerprint density at radius 1 is 1.32 bits per heavy atom. The van der Waals surface area contributed by atoms with Crippen LogP contribution in [0.4, 0.5) is 0 Å². The van der Waals surface area contributed by atoms with Gasteiger partial charge in [0.2, 0.25) is 0 Å². The predicted molar refractivity (Wildman–Crippen MR) is 69.1 cm³/mol. The van der Waals surface area contributed by atoms with E-state index in [9.17, 15) is 14.7 Å². The van der Waals surface area contributed by atoms with E-state index >= 15 is 0 Å². The number of nitrogens with one attached hydrogen (secondary N) is 2. The molecule has 1 aliphatic carbocycles. The van der Waals surface area contributed by atoms with E-state index in [-0.39, 0.29) is 13.1 Å². The van der Waals surface area contributed by atoms with Gasteiger partial charge in [-0.05, 0) is 11.1 Å². The molecule has 0 unspecified atom stereocenters. The quantitative estimate of drug-likeness (QED) is 0.516. The lowest BCUT2D eigenvalue weighted by atomic mass is 10.1. The van der Waals surface area contributed by atoms with Crippen molar-refractivity contribution in [1.29, 1.82) is 0 Å². The molecule has 0 aliphatic heterocycles. The lowest BCUT2D eigenvalue weighted by Crippen LogP contribution is -2.44. The molecule has 0 fully saturated rings. The van der Waals surface area contributed by atoms with E-state index < -0.39 is 24.0 Å². The molecule has 0 bridgehead atoms. The van der Waals surface area contributed by atoms with Gasteiger partial charge in [-0.3, -0.25) is 9.59 Å². The molecular weight excluding hydrogens is 246 g/mol. The van der Waals surface area contributed by atoms with Gasteiger partial charge >= 0.3 is 11.8 Å². The Kier molecular flexibility index (Phi) is 4.13. The van der Waals surface area contributed by atoms with Gasteiger partial charge in [0.1, 0.15) is 0 Å². The highest BCUT2D eigenvalue weighted by atomic mass is 16.3. The molecule has 1 aromatic rings. The minimum atomic E-state index is -0.755. The Bertz CT molecular complexity index is 490. The number of benzene rings is 1. The average molecular weight is 263 g/mol. The molecule has 1 aliphatic rings. The van der Waals surface area contributed by atoms with Gasteiger partial charge in [0.25, 0.3) is 0 Å². The lowest BCUT2D eigenvalue weighted by Gasteiger charge is -2.17. The van der Waals surface area contributed by atoms with Crippen LogP contribution in [0.25, 0.3) is 0 Å². The largest absolute Gasteiger partial charge is 0.390 e. The number of aliphatic hydroxyl groups excluding tert-OH is 1. The number of aliphatic hydroxyl groups is 1. The Balaban J connectivity index is 2.03. The van der Waals surface area contributed by atoms with Crippen LogP contribution in [0.3, 0.4) is 0 Å². The number of carbonyl (C=O) groups is 2. The fourth-order valence-corrected chi connectivity index (χ4v) is 2.22. The summed E-state index contributed by atoms with van der Waals surface area (Å²) < 4.78 is 0. The smallest absolute Gasteiger partial charge is 0.309 e. The summed E-state index contributed by atoms with van der Waals surface area (Å²) >= 11 is 0. The third kappa shape index (κ3) is 2.91. The first-order valence-electron chi connectivity index (χ1n) is 6.18. The van der Waals surface area contributed by atoms with Crippen molar-refractivity contribution >= 4 is 11.8 Å². The van der Waals surface area contributed by atoms with Crippen molar-refractivity contribution in [3.05, 3.63) is 35.4 Å². The second-order valence-corrected chi connectivity index (χ2v) is 4.47. The zero-order valence-corrected chi connectivity index (χ0v) is 10.4. The standard InChI is InChI=1S/C13H17N3O3/c14-5-6-15-12(18)13(19)16-11-9-4-2-1-3-8(9)7-10(11)17/h1-4,10-11,17H,5-7,14H2,(H,15,18)(H,16,19)/t10-,11+/m1/s1. The number of hydrogen-bond acceptors (Lipinski definition) is 4. The van der Waals surface area contributed by atoms with E-state index in [0.29, 0.717) is 6.42 Å². The van der Waals surface area contributed by atoms with Crippen molar-refractivity contribution in [1.82, 2.24) is 10.6 Å². The highest BCUT2D eigenvalue weighted by Crippen LogP contribution is 2.30. The van der Waals surface area contributed by atoms with Crippen LogP contribution in [0, 0.1) is 0 Å². The van der Waals surface area contributed by atoms with Crippen molar-refractivity contribution in [2.24, 2.45) is 5.73 Å². The summed E-state index contributed by atoms with van der Waals surface area (Å²) in [5, 5.41) is 14.9. The third-order valence-corrected chi connectivity index (χ3v) is 3.13. The lowest BCUT2D eigenvalue weighted by molar-refractivity contribution is -0.140. The van der Waals surface area contributed by atoms with E-state index in [1.165, 1.54) is 0 Å². The minimum Gasteiger partial charge on any atom is -0.390 e. The summed E-state index contributed by atoms with van der Waals surface area (Å²) in [4.78, 5) is 23.1. The fourth-order valence-electron chi connectivity index (χ4n) is 2.22. The van der Waals surface area contributed by atoms with Gasteiger partial charge in [-0.1, -0.05) is 24.3 Å². The summed E-state index contributed by atoms with van der Waals surface area (Å²) in [6, 6.07) is 6.93. The Hall–Kier alpha value is -1.92. The number of rotatable bonds is 3. The van der Waals surface area contributed by atoms with E-state index in [0.717, 1.165) is 11.1 Å². The molecule has 6 nitrogen and oxygen atoms in total. The molecule has 0 saturated heterocycles. The van der Waals surface area contributed by atoms with Crippen molar-refractivity contribution in [2.45, 2.75) is 18.6 Å². The van der Waals surface area contributed by atoms with Crippen molar-refractivity contribution in [3.8, 4) is 0 Å². The van der Waals surface area contributed by atoms with Crippen LogP contribution in [-0.4, -0.2) is 36.1 Å². The molecule has 2 amide bonds. The van der Waals surface area contributed by atoms with Crippen molar-refractivity contribution < 1.29 is 14.7 Å². The fraction of sp³-hybridized carbons (Fsp3) is 0.385. The van der Waals surface area contributed by atoms with E-state index in [1.54, 1.807) is 0 Å². The van der Waals surface area contributed by atoms with Crippen LogP contribution in [0.5, 0.6) is 0 Å². The molecule has 5 N–H and O–H groups in total. The SMILES string of the molecule is NCCNC(=O)C(=O)N[C@H]1c2ccccc2C[C@H]1O. The first-order valence-corrected chi connectivity index (χ1v) is 6.18. The Labute approximate surface area is 111 Å². The second kappa shape index (κ2) is 5.81. The van der Waals surface area contributed by atoms with Crippen LogP contribution in [0.1, 0.15) is 17.2 Å². The number of amides is 2. The molecular formula is C13H17N3O3. The van der Waals surface area contributed by atoms with Crippen molar-refractivity contribution in [2.75, 3.05) is 13.1 Å². The van der Waals surface area contributed by atoms with Gasteiger partial charge in [0.05, 0.1) is 12.1 Å². The minimum absolute atomic E-state index is 0.246. The number of nitrogens with two attached hydrogens (primary N) is 1. The first kappa shape index (κ1) is 13.5. The Morgan fingerprint density at radius 3 is 2.79 bits per heavy atom. The van der Waals surface area contributed by atoms with Crippen LogP contribution >= 0.6 is 0 Å². The predicted octanol–water partition coefficient (Wildman–Crippen LogP) is -1.16. The van der Waals surface area contributed by atoms with E-state index in [4.69, 9.17) is 5.73 Å². The van der Waals surface area contributed by atoms with Gasteiger partial charge in [0.15, 0.2) is 0 Å². The highest BCUT2D eigenvalue weighted by Gasteiger charge is 2.33. The van der Waals surface area contributed by atoms with Crippen molar-refractivity contribution in [3.63, 3.8) is 0 Å². The summed E-state index contributed by atoms with van der Waals surface area (Å²) in [7, 11) is 0. The molecule has 19 heavy (non-hydrogen) atoms. The summed E-state index contributed by atoms with van der Waals surface area (Å²) in [5.74, 6) is -1.49. The zero-order chi connectivity index (χ0) is 13.8. The van der Waals surface area contributed by atoms with Crippen LogP contribution in [-0.2, 0) is 16.0 Å². The van der Waals surface area contributed by atoms with Crippen LogP contribution in [0.2, 0.25) is 0 Å². The zero-order valence-electron chi connectivity index (χ0n) is 10.4. The maximum Gasteiger partial charge on any atom is 0.309 e. The van der Waals surface area contributed by atoms with E-state index in [2.05, 4.69) is 10.6 Å². The second-order valence-electron chi connectivity index (χ2n) is 4.47. The molecule has 0 aromatic heterocycles. The molecule has 0 radical (unpaired) electrons. The summed E-state index contributed by atoms with van der Waals surface area (Å²) in [6.07, 6.45) is -0.227. The molecule has 0 saturated carbocycles. The average Bonchev–Trinajstić information content (AvgIpc) is 2.72. The van der Waals surface area contributed by atoms with E-state index in [1.807, 2.05) is 24.3 Å². The molecule has 2 rings (SSSR count). The van der Waals surface area contributed by atoms with Gasteiger partial charge in [-0.25, -0.2) is 0 Å². The molecule has 6 heteroatoms. The Morgan fingerprint density at radius 2 is 2.05 bits per heavy atom. The monoisotopic (exact) mass is 263 g/mol. The maximum absolute atomic E-state index is 11.7. The molecule has 102 valence electrons. The van der Waals surface area contributed by atoms with Crippen LogP contribution in [0.15, 0.2) is 24.3 Å². The number of carbonyl (C=O) groups excluding carboxylic acids is 2. The summed E-state index contributed by atoms with van der Waals surface area (Å²) in [6.45, 7) is 0.518. The molecule has 1 aromatic carbocycles. The number of fused-ring (bicyclic) bond motifs is 1. The topological polar surface area (TPSA) is 104 Å². The molecule has 0 heterocycles. The maximum atomic E-state index is 11.7. The number of hydrogen-bond donors (Lipinski definition) is 4. The normalized spacial score (nSPS) is 20.7. The van der Waals surface area contributed by atoms with Gasteiger partial charge in [-0.15, -0.1) is 0 Å². The summed E-state index contributed by atoms with van der Waals surface area (Å²) in [5.41, 5.74) is 7.08. The van der Waals surface area contributed by atoms with Gasteiger partial charge in [0, 0.05) is 19.5 Å². The third-order valence-electron chi connectivity index (χ3n) is 3.13. The van der Waals surface area contributed by atoms with Gasteiger partial charge in [-0.2, -0.15) is 0 Å². The first-order chi connectivity index (χ1) is 9.13. The van der Waals surface area contributed by atoms with Crippen LogP contribution < -0.4 is 16.4 Å².